The summed E-state index contributed by atoms with van der Waals surface area (Å²) in [7, 11) is 0. The van der Waals surface area contributed by atoms with Gasteiger partial charge < -0.3 is 11.1 Å². The standard InChI is InChI=1S/C13H19ClN2O/c1-3-9(4-2)8-16-13(17)11-7-10(15)5-6-12(11)14/h5-7,9H,3-4,8,15H2,1-2H3,(H,16,17). The summed E-state index contributed by atoms with van der Waals surface area (Å²) in [4.78, 5) is 11.9. The van der Waals surface area contributed by atoms with Crippen LogP contribution >= 0.6 is 11.6 Å². The van der Waals surface area contributed by atoms with Crippen molar-refractivity contribution in [1.82, 2.24) is 5.32 Å². The topological polar surface area (TPSA) is 55.1 Å². The number of benzene rings is 1. The quantitative estimate of drug-likeness (QED) is 0.794. The lowest BCUT2D eigenvalue weighted by molar-refractivity contribution is 0.0946. The first-order chi connectivity index (χ1) is 8.08. The highest BCUT2D eigenvalue weighted by atomic mass is 35.5. The Morgan fingerprint density at radius 1 is 1.41 bits per heavy atom. The minimum absolute atomic E-state index is 0.158. The van der Waals surface area contributed by atoms with Crippen molar-refractivity contribution in [1.29, 1.82) is 0 Å². The summed E-state index contributed by atoms with van der Waals surface area (Å²) in [6, 6.07) is 4.92. The Bertz CT molecular complexity index is 389. The van der Waals surface area contributed by atoms with E-state index in [-0.39, 0.29) is 5.91 Å². The SMILES string of the molecule is CCC(CC)CNC(=O)c1cc(N)ccc1Cl. The van der Waals surface area contributed by atoms with Gasteiger partial charge in [-0.05, 0) is 24.1 Å². The number of halogens is 1. The van der Waals surface area contributed by atoms with Gasteiger partial charge in [0.1, 0.15) is 0 Å². The van der Waals surface area contributed by atoms with Gasteiger partial charge in [-0.3, -0.25) is 4.79 Å². The van der Waals surface area contributed by atoms with E-state index in [0.717, 1.165) is 12.8 Å². The second-order valence-electron chi connectivity index (χ2n) is 4.13. The fourth-order valence-electron chi connectivity index (χ4n) is 1.63. The van der Waals surface area contributed by atoms with Crippen LogP contribution in [0.3, 0.4) is 0 Å². The number of hydrogen-bond acceptors (Lipinski definition) is 2. The fourth-order valence-corrected chi connectivity index (χ4v) is 1.83. The monoisotopic (exact) mass is 254 g/mol. The molecule has 94 valence electrons. The molecule has 0 saturated carbocycles. The van der Waals surface area contributed by atoms with Crippen molar-refractivity contribution < 1.29 is 4.79 Å². The smallest absolute Gasteiger partial charge is 0.252 e. The van der Waals surface area contributed by atoms with E-state index in [2.05, 4.69) is 19.2 Å². The molecule has 4 heteroatoms. The van der Waals surface area contributed by atoms with Gasteiger partial charge in [0.05, 0.1) is 10.6 Å². The number of hydrogen-bond donors (Lipinski definition) is 2. The summed E-state index contributed by atoms with van der Waals surface area (Å²) < 4.78 is 0. The Balaban J connectivity index is 2.66. The zero-order valence-corrected chi connectivity index (χ0v) is 11.1. The van der Waals surface area contributed by atoms with Crippen molar-refractivity contribution in [2.75, 3.05) is 12.3 Å². The first-order valence-electron chi connectivity index (χ1n) is 5.91. The molecular weight excluding hydrogens is 236 g/mol. The summed E-state index contributed by atoms with van der Waals surface area (Å²) in [5, 5.41) is 3.32. The molecule has 1 aromatic carbocycles. The van der Waals surface area contributed by atoms with Crippen molar-refractivity contribution in [3.05, 3.63) is 28.8 Å². The van der Waals surface area contributed by atoms with Crippen molar-refractivity contribution in [2.24, 2.45) is 5.92 Å². The van der Waals surface area contributed by atoms with Crippen molar-refractivity contribution in [3.63, 3.8) is 0 Å². The van der Waals surface area contributed by atoms with E-state index in [1.54, 1.807) is 18.2 Å². The molecule has 0 aliphatic carbocycles. The highest BCUT2D eigenvalue weighted by Gasteiger charge is 2.12. The van der Waals surface area contributed by atoms with Crippen LogP contribution in [0.4, 0.5) is 5.69 Å². The second-order valence-corrected chi connectivity index (χ2v) is 4.54. The van der Waals surface area contributed by atoms with E-state index in [0.29, 0.717) is 28.7 Å². The zero-order valence-electron chi connectivity index (χ0n) is 10.3. The molecule has 0 heterocycles. The predicted octanol–water partition coefficient (Wildman–Crippen LogP) is 3.09. The van der Waals surface area contributed by atoms with Gasteiger partial charge >= 0.3 is 0 Å². The molecule has 1 amide bonds. The molecule has 0 aliphatic rings. The highest BCUT2D eigenvalue weighted by molar-refractivity contribution is 6.34. The number of carbonyl (C=O) groups is 1. The predicted molar refractivity (Wildman–Crippen MR) is 72.3 cm³/mol. The molecule has 0 unspecified atom stereocenters. The van der Waals surface area contributed by atoms with Gasteiger partial charge in [-0.25, -0.2) is 0 Å². The summed E-state index contributed by atoms with van der Waals surface area (Å²) in [6.45, 7) is 4.92. The maximum Gasteiger partial charge on any atom is 0.252 e. The van der Waals surface area contributed by atoms with Crippen LogP contribution in [0.1, 0.15) is 37.0 Å². The first kappa shape index (κ1) is 13.8. The Morgan fingerprint density at radius 3 is 2.65 bits per heavy atom. The van der Waals surface area contributed by atoms with Gasteiger partial charge in [-0.15, -0.1) is 0 Å². The molecule has 1 rings (SSSR count). The molecule has 0 bridgehead atoms. The van der Waals surface area contributed by atoms with Gasteiger partial charge in [0.25, 0.3) is 5.91 Å². The number of anilines is 1. The van der Waals surface area contributed by atoms with Crippen LogP contribution in [0.2, 0.25) is 5.02 Å². The lowest BCUT2D eigenvalue weighted by Gasteiger charge is -2.13. The van der Waals surface area contributed by atoms with Crippen LogP contribution in [0.25, 0.3) is 0 Å². The van der Waals surface area contributed by atoms with E-state index in [4.69, 9.17) is 17.3 Å². The third kappa shape index (κ3) is 3.93. The third-order valence-electron chi connectivity index (χ3n) is 2.94. The van der Waals surface area contributed by atoms with E-state index < -0.39 is 0 Å². The van der Waals surface area contributed by atoms with Crippen LogP contribution in [0.15, 0.2) is 18.2 Å². The van der Waals surface area contributed by atoms with Gasteiger partial charge in [-0.2, -0.15) is 0 Å². The van der Waals surface area contributed by atoms with Crippen molar-refractivity contribution >= 4 is 23.2 Å². The Kier molecular flexibility index (Phi) is 5.29. The van der Waals surface area contributed by atoms with Gasteiger partial charge in [0, 0.05) is 12.2 Å². The summed E-state index contributed by atoms with van der Waals surface area (Å²) >= 11 is 5.96. The van der Waals surface area contributed by atoms with Crippen LogP contribution in [-0.2, 0) is 0 Å². The molecular formula is C13H19ClN2O. The number of nitrogens with one attached hydrogen (secondary N) is 1. The molecule has 0 radical (unpaired) electrons. The van der Waals surface area contributed by atoms with E-state index in [1.807, 2.05) is 0 Å². The molecule has 0 fully saturated rings. The minimum atomic E-state index is -0.158. The molecule has 0 spiro atoms. The number of carbonyl (C=O) groups excluding carboxylic acids is 1. The third-order valence-corrected chi connectivity index (χ3v) is 3.27. The van der Waals surface area contributed by atoms with E-state index in [1.165, 1.54) is 0 Å². The van der Waals surface area contributed by atoms with Crippen molar-refractivity contribution in [3.8, 4) is 0 Å². The maximum atomic E-state index is 11.9. The maximum absolute atomic E-state index is 11.9. The summed E-state index contributed by atoms with van der Waals surface area (Å²) in [5.41, 5.74) is 6.62. The lowest BCUT2D eigenvalue weighted by Crippen LogP contribution is -2.29. The molecule has 0 atom stereocenters. The summed E-state index contributed by atoms with van der Waals surface area (Å²) in [6.07, 6.45) is 2.11. The van der Waals surface area contributed by atoms with Crippen LogP contribution in [0, 0.1) is 5.92 Å². The van der Waals surface area contributed by atoms with Crippen LogP contribution in [-0.4, -0.2) is 12.5 Å². The Hall–Kier alpha value is -1.22. The zero-order chi connectivity index (χ0) is 12.8. The Labute approximate surface area is 107 Å². The number of amides is 1. The Morgan fingerprint density at radius 2 is 2.06 bits per heavy atom. The van der Waals surface area contributed by atoms with Gasteiger partial charge in [-0.1, -0.05) is 38.3 Å². The highest BCUT2D eigenvalue weighted by Crippen LogP contribution is 2.18. The minimum Gasteiger partial charge on any atom is -0.399 e. The average Bonchev–Trinajstić information content (AvgIpc) is 2.33. The van der Waals surface area contributed by atoms with Crippen LogP contribution in [0.5, 0.6) is 0 Å². The van der Waals surface area contributed by atoms with Crippen LogP contribution < -0.4 is 11.1 Å². The number of nitrogen functional groups attached to an aromatic ring is 1. The molecule has 3 nitrogen and oxygen atoms in total. The normalized spacial score (nSPS) is 10.6. The number of nitrogens with two attached hydrogens (primary N) is 1. The largest absolute Gasteiger partial charge is 0.399 e. The number of rotatable bonds is 5. The van der Waals surface area contributed by atoms with Gasteiger partial charge in [0.2, 0.25) is 0 Å². The van der Waals surface area contributed by atoms with E-state index >= 15 is 0 Å². The molecule has 17 heavy (non-hydrogen) atoms. The van der Waals surface area contributed by atoms with Crippen molar-refractivity contribution in [2.45, 2.75) is 26.7 Å². The van der Waals surface area contributed by atoms with Gasteiger partial charge in [0.15, 0.2) is 0 Å². The average molecular weight is 255 g/mol. The van der Waals surface area contributed by atoms with E-state index in [9.17, 15) is 4.79 Å². The summed E-state index contributed by atoms with van der Waals surface area (Å²) in [5.74, 6) is 0.355. The fraction of sp³-hybridized carbons (Fsp3) is 0.462. The molecule has 0 aromatic heterocycles. The molecule has 3 N–H and O–H groups in total. The lowest BCUT2D eigenvalue weighted by atomic mass is 10.0. The molecule has 0 saturated heterocycles. The second kappa shape index (κ2) is 6.50. The first-order valence-corrected chi connectivity index (χ1v) is 6.29. The molecule has 1 aromatic rings. The molecule has 0 aliphatic heterocycles.